The van der Waals surface area contributed by atoms with Crippen LogP contribution in [-0.4, -0.2) is 29.9 Å². The Morgan fingerprint density at radius 2 is 1.70 bits per heavy atom. The highest BCUT2D eigenvalue weighted by Gasteiger charge is 2.41. The standard InChI is InChI=1S/C17H22N2O4/c1-18-15(21)12-5-7-13(8-6-12)19-14(20)11-17(16(22)23)9-3-2-4-10-17/h5-8H,2-4,9-11H2,1H3,(H,18,21)(H,19,20)(H,22,23). The lowest BCUT2D eigenvalue weighted by atomic mass is 9.71. The molecule has 0 bridgehead atoms. The minimum atomic E-state index is -0.940. The molecule has 1 aromatic carbocycles. The first-order chi connectivity index (χ1) is 11.0. The molecule has 6 nitrogen and oxygen atoms in total. The molecule has 23 heavy (non-hydrogen) atoms. The average molecular weight is 318 g/mol. The summed E-state index contributed by atoms with van der Waals surface area (Å²) >= 11 is 0. The van der Waals surface area contributed by atoms with E-state index in [1.165, 1.54) is 0 Å². The normalized spacial score (nSPS) is 16.4. The molecule has 1 aliphatic rings. The Morgan fingerprint density at radius 1 is 1.09 bits per heavy atom. The molecule has 124 valence electrons. The van der Waals surface area contributed by atoms with Gasteiger partial charge in [-0.25, -0.2) is 0 Å². The number of amides is 2. The van der Waals surface area contributed by atoms with Gasteiger partial charge in [0.25, 0.3) is 5.91 Å². The van der Waals surface area contributed by atoms with Crippen LogP contribution in [0.1, 0.15) is 48.9 Å². The largest absolute Gasteiger partial charge is 0.481 e. The SMILES string of the molecule is CNC(=O)c1ccc(NC(=O)CC2(C(=O)O)CCCCC2)cc1. The predicted molar refractivity (Wildman–Crippen MR) is 86.2 cm³/mol. The second-order valence-electron chi connectivity index (χ2n) is 6.03. The lowest BCUT2D eigenvalue weighted by Gasteiger charge is -2.32. The van der Waals surface area contributed by atoms with Gasteiger partial charge in [-0.05, 0) is 37.1 Å². The van der Waals surface area contributed by atoms with Crippen LogP contribution >= 0.6 is 0 Å². The Kier molecular flexibility index (Phi) is 5.36. The summed E-state index contributed by atoms with van der Waals surface area (Å²) in [4.78, 5) is 35.3. The summed E-state index contributed by atoms with van der Waals surface area (Å²) in [5.74, 6) is -1.39. The molecule has 0 aliphatic heterocycles. The summed E-state index contributed by atoms with van der Waals surface area (Å²) in [6.07, 6.45) is 3.80. The summed E-state index contributed by atoms with van der Waals surface area (Å²) in [6, 6.07) is 6.50. The molecule has 0 spiro atoms. The predicted octanol–water partition coefficient (Wildman–Crippen LogP) is 2.41. The molecule has 3 N–H and O–H groups in total. The molecule has 2 rings (SSSR count). The summed E-state index contributed by atoms with van der Waals surface area (Å²) < 4.78 is 0. The fraction of sp³-hybridized carbons (Fsp3) is 0.471. The van der Waals surface area contributed by atoms with Crippen LogP contribution in [0.3, 0.4) is 0 Å². The first-order valence-electron chi connectivity index (χ1n) is 7.82. The highest BCUT2D eigenvalue weighted by molar-refractivity contribution is 5.96. The minimum absolute atomic E-state index is 0.0144. The van der Waals surface area contributed by atoms with Crippen LogP contribution in [-0.2, 0) is 9.59 Å². The Bertz CT molecular complexity index is 589. The van der Waals surface area contributed by atoms with E-state index >= 15 is 0 Å². The fourth-order valence-corrected chi connectivity index (χ4v) is 3.06. The molecule has 0 saturated heterocycles. The number of carboxylic acid groups (broad SMARTS) is 1. The number of nitrogens with one attached hydrogen (secondary N) is 2. The Labute approximate surface area is 135 Å². The number of hydrogen-bond acceptors (Lipinski definition) is 3. The van der Waals surface area contributed by atoms with Gasteiger partial charge in [-0.2, -0.15) is 0 Å². The maximum atomic E-state index is 12.2. The third-order valence-electron chi connectivity index (χ3n) is 4.42. The molecule has 1 aromatic rings. The maximum absolute atomic E-state index is 12.2. The molecule has 1 saturated carbocycles. The van der Waals surface area contributed by atoms with Gasteiger partial charge in [-0.1, -0.05) is 19.3 Å². The number of carbonyl (C=O) groups excluding carboxylic acids is 2. The molecule has 0 radical (unpaired) electrons. The lowest BCUT2D eigenvalue weighted by Crippen LogP contribution is -2.37. The van der Waals surface area contributed by atoms with E-state index in [2.05, 4.69) is 10.6 Å². The number of hydrogen-bond donors (Lipinski definition) is 3. The number of carbonyl (C=O) groups is 3. The summed E-state index contributed by atoms with van der Waals surface area (Å²) in [7, 11) is 1.55. The van der Waals surface area contributed by atoms with Crippen LogP contribution in [0.25, 0.3) is 0 Å². The fourth-order valence-electron chi connectivity index (χ4n) is 3.06. The Hall–Kier alpha value is -2.37. The van der Waals surface area contributed by atoms with Gasteiger partial charge in [0.1, 0.15) is 0 Å². The van der Waals surface area contributed by atoms with Gasteiger partial charge in [0.05, 0.1) is 5.41 Å². The number of rotatable bonds is 5. The van der Waals surface area contributed by atoms with Crippen molar-refractivity contribution in [3.8, 4) is 0 Å². The Balaban J connectivity index is 2.01. The second-order valence-corrected chi connectivity index (χ2v) is 6.03. The molecule has 0 atom stereocenters. The van der Waals surface area contributed by atoms with E-state index in [4.69, 9.17) is 0 Å². The molecule has 2 amide bonds. The topological polar surface area (TPSA) is 95.5 Å². The van der Waals surface area contributed by atoms with E-state index in [0.717, 1.165) is 19.3 Å². The molecule has 1 aliphatic carbocycles. The van der Waals surface area contributed by atoms with E-state index in [9.17, 15) is 19.5 Å². The van der Waals surface area contributed by atoms with Crippen LogP contribution in [0.5, 0.6) is 0 Å². The molecular weight excluding hydrogens is 296 g/mol. The van der Waals surface area contributed by atoms with Crippen molar-refractivity contribution in [1.29, 1.82) is 0 Å². The quantitative estimate of drug-likeness (QED) is 0.777. The van der Waals surface area contributed by atoms with Crippen LogP contribution in [0.4, 0.5) is 5.69 Å². The van der Waals surface area contributed by atoms with Crippen molar-refractivity contribution >= 4 is 23.5 Å². The molecule has 0 heterocycles. The van der Waals surface area contributed by atoms with Gasteiger partial charge in [0.15, 0.2) is 0 Å². The average Bonchev–Trinajstić information content (AvgIpc) is 2.55. The van der Waals surface area contributed by atoms with Gasteiger partial charge in [-0.3, -0.25) is 14.4 Å². The zero-order valence-corrected chi connectivity index (χ0v) is 13.2. The molecule has 6 heteroatoms. The van der Waals surface area contributed by atoms with E-state index in [1.807, 2.05) is 0 Å². The van der Waals surface area contributed by atoms with Crippen molar-refractivity contribution in [2.45, 2.75) is 38.5 Å². The van der Waals surface area contributed by atoms with E-state index < -0.39 is 11.4 Å². The number of carboxylic acids is 1. The number of benzene rings is 1. The second kappa shape index (κ2) is 7.26. The van der Waals surface area contributed by atoms with Crippen molar-refractivity contribution in [3.05, 3.63) is 29.8 Å². The van der Waals surface area contributed by atoms with E-state index in [-0.39, 0.29) is 18.2 Å². The monoisotopic (exact) mass is 318 g/mol. The van der Waals surface area contributed by atoms with Gasteiger partial charge < -0.3 is 15.7 Å². The van der Waals surface area contributed by atoms with Gasteiger partial charge in [0.2, 0.25) is 5.91 Å². The van der Waals surface area contributed by atoms with Crippen molar-refractivity contribution < 1.29 is 19.5 Å². The highest BCUT2D eigenvalue weighted by Crippen LogP contribution is 2.39. The van der Waals surface area contributed by atoms with Gasteiger partial charge >= 0.3 is 5.97 Å². The minimum Gasteiger partial charge on any atom is -0.481 e. The van der Waals surface area contributed by atoms with Crippen LogP contribution in [0.15, 0.2) is 24.3 Å². The van der Waals surface area contributed by atoms with E-state index in [1.54, 1.807) is 31.3 Å². The molecular formula is C17H22N2O4. The van der Waals surface area contributed by atoms with Gasteiger partial charge in [-0.15, -0.1) is 0 Å². The third kappa shape index (κ3) is 4.09. The molecule has 0 unspecified atom stereocenters. The summed E-state index contributed by atoms with van der Waals surface area (Å²) in [5.41, 5.74) is 0.114. The number of aliphatic carboxylic acids is 1. The van der Waals surface area contributed by atoms with E-state index in [0.29, 0.717) is 24.1 Å². The van der Waals surface area contributed by atoms with Crippen molar-refractivity contribution in [2.24, 2.45) is 5.41 Å². The van der Waals surface area contributed by atoms with Crippen LogP contribution in [0, 0.1) is 5.41 Å². The number of anilines is 1. The smallest absolute Gasteiger partial charge is 0.310 e. The lowest BCUT2D eigenvalue weighted by molar-refractivity contribution is -0.153. The molecule has 0 aromatic heterocycles. The zero-order chi connectivity index (χ0) is 16.9. The maximum Gasteiger partial charge on any atom is 0.310 e. The van der Waals surface area contributed by atoms with Crippen LogP contribution in [0.2, 0.25) is 0 Å². The van der Waals surface area contributed by atoms with Gasteiger partial charge in [0, 0.05) is 24.7 Å². The van der Waals surface area contributed by atoms with Crippen molar-refractivity contribution in [3.63, 3.8) is 0 Å². The van der Waals surface area contributed by atoms with Crippen molar-refractivity contribution in [2.75, 3.05) is 12.4 Å². The zero-order valence-electron chi connectivity index (χ0n) is 13.2. The summed E-state index contributed by atoms with van der Waals surface area (Å²) in [5, 5.41) is 14.7. The third-order valence-corrected chi connectivity index (χ3v) is 4.42. The summed E-state index contributed by atoms with van der Waals surface area (Å²) in [6.45, 7) is 0. The Morgan fingerprint density at radius 3 is 2.22 bits per heavy atom. The van der Waals surface area contributed by atoms with Crippen LogP contribution < -0.4 is 10.6 Å². The highest BCUT2D eigenvalue weighted by atomic mass is 16.4. The molecule has 1 fully saturated rings. The first kappa shape index (κ1) is 17.0. The van der Waals surface area contributed by atoms with Crippen molar-refractivity contribution in [1.82, 2.24) is 5.32 Å². The first-order valence-corrected chi connectivity index (χ1v) is 7.82.